The minimum Gasteiger partial charge on any atom is -0.480 e. The van der Waals surface area contributed by atoms with E-state index in [2.05, 4.69) is 12.2 Å². The number of carbonyl (C=O) groups excluding carboxylic acids is 1. The minimum absolute atomic E-state index is 0.355. The van der Waals surface area contributed by atoms with E-state index in [1.165, 1.54) is 0 Å². The maximum atomic E-state index is 12.4. The van der Waals surface area contributed by atoms with E-state index in [0.29, 0.717) is 29.3 Å². The van der Waals surface area contributed by atoms with Crippen molar-refractivity contribution < 1.29 is 14.7 Å². The van der Waals surface area contributed by atoms with Gasteiger partial charge in [0.15, 0.2) is 0 Å². The van der Waals surface area contributed by atoms with Gasteiger partial charge in [0.25, 0.3) is 5.91 Å². The number of aliphatic carboxylic acids is 1. The summed E-state index contributed by atoms with van der Waals surface area (Å²) in [5.41, 5.74) is 0.0963. The summed E-state index contributed by atoms with van der Waals surface area (Å²) in [5.74, 6) is -0.799. The normalized spacial score (nSPS) is 25.4. The molecule has 0 radical (unpaired) electrons. The van der Waals surface area contributed by atoms with Crippen molar-refractivity contribution in [2.75, 3.05) is 0 Å². The molecule has 114 valence electrons. The van der Waals surface area contributed by atoms with Crippen LogP contribution in [0.25, 0.3) is 0 Å². The summed E-state index contributed by atoms with van der Waals surface area (Å²) < 4.78 is 0. The summed E-state index contributed by atoms with van der Waals surface area (Å²) in [6.45, 7) is 3.92. The average Bonchev–Trinajstić information content (AvgIpc) is 2.44. The van der Waals surface area contributed by atoms with E-state index in [9.17, 15) is 14.7 Å². The molecule has 1 aromatic rings. The second kappa shape index (κ2) is 6.06. The molecule has 0 saturated heterocycles. The van der Waals surface area contributed by atoms with E-state index in [4.69, 9.17) is 11.6 Å². The fourth-order valence-corrected chi connectivity index (χ4v) is 2.84. The molecule has 0 aromatic heterocycles. The Bertz CT molecular complexity index is 563. The molecule has 2 N–H and O–H groups in total. The van der Waals surface area contributed by atoms with Crippen molar-refractivity contribution in [3.05, 3.63) is 34.3 Å². The highest BCUT2D eigenvalue weighted by Crippen LogP contribution is 2.32. The van der Waals surface area contributed by atoms with E-state index in [1.807, 2.05) is 6.92 Å². The van der Waals surface area contributed by atoms with Crippen LogP contribution in [0.4, 0.5) is 0 Å². The molecule has 21 heavy (non-hydrogen) atoms. The smallest absolute Gasteiger partial charge is 0.329 e. The lowest BCUT2D eigenvalue weighted by atomic mass is 9.77. The quantitative estimate of drug-likeness (QED) is 0.899. The van der Waals surface area contributed by atoms with Gasteiger partial charge in [-0.3, -0.25) is 4.79 Å². The van der Waals surface area contributed by atoms with Gasteiger partial charge in [-0.2, -0.15) is 0 Å². The van der Waals surface area contributed by atoms with E-state index in [1.54, 1.807) is 18.2 Å². The van der Waals surface area contributed by atoms with Gasteiger partial charge >= 0.3 is 5.97 Å². The maximum absolute atomic E-state index is 12.4. The van der Waals surface area contributed by atoms with Crippen molar-refractivity contribution >= 4 is 23.5 Å². The average molecular weight is 310 g/mol. The topological polar surface area (TPSA) is 66.4 Å². The van der Waals surface area contributed by atoms with Gasteiger partial charge in [-0.25, -0.2) is 4.79 Å². The predicted octanol–water partition coefficient (Wildman–Crippen LogP) is 3.41. The number of carboxylic acids is 1. The Kier molecular flexibility index (Phi) is 4.57. The van der Waals surface area contributed by atoms with Crippen molar-refractivity contribution in [1.29, 1.82) is 0 Å². The summed E-state index contributed by atoms with van der Waals surface area (Å²) in [4.78, 5) is 24.0. The van der Waals surface area contributed by atoms with Crippen LogP contribution in [-0.4, -0.2) is 22.5 Å². The van der Waals surface area contributed by atoms with Crippen molar-refractivity contribution in [2.24, 2.45) is 5.92 Å². The molecule has 5 heteroatoms. The number of halogens is 1. The molecule has 2 rings (SSSR count). The van der Waals surface area contributed by atoms with Crippen molar-refractivity contribution in [3.63, 3.8) is 0 Å². The molecule has 0 aliphatic heterocycles. The third kappa shape index (κ3) is 3.38. The summed E-state index contributed by atoms with van der Waals surface area (Å²) >= 11 is 5.95. The van der Waals surface area contributed by atoms with Crippen LogP contribution in [0.15, 0.2) is 18.2 Å². The van der Waals surface area contributed by atoms with Gasteiger partial charge in [-0.1, -0.05) is 18.5 Å². The van der Waals surface area contributed by atoms with Crippen LogP contribution in [0.3, 0.4) is 0 Å². The van der Waals surface area contributed by atoms with E-state index < -0.39 is 11.5 Å². The van der Waals surface area contributed by atoms with Gasteiger partial charge in [-0.15, -0.1) is 0 Å². The van der Waals surface area contributed by atoms with Crippen LogP contribution in [0.5, 0.6) is 0 Å². The molecule has 1 aliphatic rings. The number of amides is 1. The lowest BCUT2D eigenvalue weighted by Gasteiger charge is -2.36. The van der Waals surface area contributed by atoms with Crippen LogP contribution in [0.1, 0.15) is 48.5 Å². The Labute approximate surface area is 129 Å². The summed E-state index contributed by atoms with van der Waals surface area (Å²) in [6, 6.07) is 4.95. The Morgan fingerprint density at radius 2 is 1.95 bits per heavy atom. The molecule has 0 heterocycles. The first-order chi connectivity index (χ1) is 9.84. The number of hydrogen-bond donors (Lipinski definition) is 2. The van der Waals surface area contributed by atoms with Crippen LogP contribution in [0.2, 0.25) is 5.02 Å². The molecule has 1 aliphatic carbocycles. The molecule has 0 spiro atoms. The van der Waals surface area contributed by atoms with Gasteiger partial charge in [0, 0.05) is 10.6 Å². The SMILES string of the molecule is Cc1cc(C(=O)NC2(C(=O)O)CCC(C)CC2)ccc1Cl. The van der Waals surface area contributed by atoms with Gasteiger partial charge in [0.2, 0.25) is 0 Å². The number of rotatable bonds is 3. The molecule has 0 bridgehead atoms. The first kappa shape index (κ1) is 15.8. The number of benzene rings is 1. The Morgan fingerprint density at radius 3 is 2.48 bits per heavy atom. The number of carbonyl (C=O) groups is 2. The van der Waals surface area contributed by atoms with E-state index in [0.717, 1.165) is 18.4 Å². The molecular formula is C16H20ClNO3. The largest absolute Gasteiger partial charge is 0.480 e. The first-order valence-corrected chi connectivity index (χ1v) is 7.54. The molecule has 1 amide bonds. The van der Waals surface area contributed by atoms with Crippen LogP contribution in [-0.2, 0) is 4.79 Å². The maximum Gasteiger partial charge on any atom is 0.329 e. The van der Waals surface area contributed by atoms with E-state index >= 15 is 0 Å². The zero-order valence-corrected chi connectivity index (χ0v) is 13.0. The number of carboxylic acid groups (broad SMARTS) is 1. The molecule has 4 nitrogen and oxygen atoms in total. The van der Waals surface area contributed by atoms with Crippen LogP contribution >= 0.6 is 11.6 Å². The van der Waals surface area contributed by atoms with Crippen molar-refractivity contribution in [1.82, 2.24) is 5.32 Å². The Morgan fingerprint density at radius 1 is 1.33 bits per heavy atom. The van der Waals surface area contributed by atoms with Gasteiger partial charge in [0.05, 0.1) is 0 Å². The summed E-state index contributed by atoms with van der Waals surface area (Å²) in [5, 5.41) is 12.9. The van der Waals surface area contributed by atoms with Gasteiger partial charge in [-0.05, 0) is 62.3 Å². The molecule has 0 unspecified atom stereocenters. The van der Waals surface area contributed by atoms with Gasteiger partial charge in [0.1, 0.15) is 5.54 Å². The van der Waals surface area contributed by atoms with Crippen molar-refractivity contribution in [3.8, 4) is 0 Å². The second-order valence-corrected chi connectivity index (χ2v) is 6.40. The fraction of sp³-hybridized carbons (Fsp3) is 0.500. The highest BCUT2D eigenvalue weighted by atomic mass is 35.5. The highest BCUT2D eigenvalue weighted by Gasteiger charge is 2.42. The third-order valence-corrected chi connectivity index (χ3v) is 4.73. The molecular weight excluding hydrogens is 290 g/mol. The van der Waals surface area contributed by atoms with Crippen LogP contribution < -0.4 is 5.32 Å². The standard InChI is InChI=1S/C16H20ClNO3/c1-10-5-7-16(8-6-10,15(20)21)18-14(19)12-3-4-13(17)11(2)9-12/h3-4,9-10H,5-8H2,1-2H3,(H,18,19)(H,20,21). The zero-order valence-electron chi connectivity index (χ0n) is 12.3. The van der Waals surface area contributed by atoms with E-state index in [-0.39, 0.29) is 5.91 Å². The summed E-state index contributed by atoms with van der Waals surface area (Å²) in [6.07, 6.45) is 2.57. The summed E-state index contributed by atoms with van der Waals surface area (Å²) in [7, 11) is 0. The Hall–Kier alpha value is -1.55. The first-order valence-electron chi connectivity index (χ1n) is 7.16. The molecule has 1 aromatic carbocycles. The molecule has 0 atom stereocenters. The zero-order chi connectivity index (χ0) is 15.6. The number of hydrogen-bond acceptors (Lipinski definition) is 2. The number of aryl methyl sites for hydroxylation is 1. The highest BCUT2D eigenvalue weighted by molar-refractivity contribution is 6.31. The molecule has 1 saturated carbocycles. The predicted molar refractivity (Wildman–Crippen MR) is 81.7 cm³/mol. The minimum atomic E-state index is -1.14. The van der Waals surface area contributed by atoms with Gasteiger partial charge < -0.3 is 10.4 Å². The lowest BCUT2D eigenvalue weighted by molar-refractivity contribution is -0.146. The fourth-order valence-electron chi connectivity index (χ4n) is 2.72. The second-order valence-electron chi connectivity index (χ2n) is 5.99. The number of nitrogens with one attached hydrogen (secondary N) is 1. The Balaban J connectivity index is 2.19. The monoisotopic (exact) mass is 309 g/mol. The van der Waals surface area contributed by atoms with Crippen molar-refractivity contribution in [2.45, 2.75) is 45.1 Å². The molecule has 1 fully saturated rings. The lowest BCUT2D eigenvalue weighted by Crippen LogP contribution is -2.56. The third-order valence-electron chi connectivity index (χ3n) is 4.31. The van der Waals surface area contributed by atoms with Crippen LogP contribution in [0, 0.1) is 12.8 Å².